The Hall–Kier alpha value is -2.40. The molecule has 1 amide bonds. The van der Waals surface area contributed by atoms with Gasteiger partial charge in [-0.15, -0.1) is 0 Å². The normalized spacial score (nSPS) is 15.2. The highest BCUT2D eigenvalue weighted by atomic mass is 19.1. The summed E-state index contributed by atoms with van der Waals surface area (Å²) >= 11 is 0. The van der Waals surface area contributed by atoms with Crippen LogP contribution in [0.5, 0.6) is 0 Å². The number of piperazine rings is 1. The van der Waals surface area contributed by atoms with Gasteiger partial charge in [-0.05, 0) is 49.7 Å². The van der Waals surface area contributed by atoms with Crippen LogP contribution in [0.25, 0.3) is 0 Å². The summed E-state index contributed by atoms with van der Waals surface area (Å²) in [6, 6.07) is 10.7. The van der Waals surface area contributed by atoms with E-state index in [4.69, 9.17) is 0 Å². The van der Waals surface area contributed by atoms with E-state index in [1.807, 2.05) is 30.0 Å². The lowest BCUT2D eigenvalue weighted by Crippen LogP contribution is -2.44. The van der Waals surface area contributed by atoms with Crippen molar-refractivity contribution >= 4 is 17.3 Å². The number of nitrogens with zero attached hydrogens (tertiary/aromatic N) is 2. The number of amides is 1. The predicted molar refractivity (Wildman–Crippen MR) is 105 cm³/mol. The first-order valence-electron chi connectivity index (χ1n) is 9.12. The van der Waals surface area contributed by atoms with Gasteiger partial charge in [0.1, 0.15) is 5.82 Å². The monoisotopic (exact) mass is 355 g/mol. The summed E-state index contributed by atoms with van der Waals surface area (Å²) in [4.78, 5) is 16.9. The molecule has 1 saturated heterocycles. The van der Waals surface area contributed by atoms with Crippen LogP contribution in [0.2, 0.25) is 0 Å². The van der Waals surface area contributed by atoms with Crippen molar-refractivity contribution in [3.63, 3.8) is 0 Å². The zero-order valence-electron chi connectivity index (χ0n) is 15.7. The number of likely N-dealkylation sites (N-methyl/N-ethyl adjacent to an activating group) is 1. The maximum Gasteiger partial charge on any atom is 0.255 e. The maximum atomic E-state index is 14.6. The van der Waals surface area contributed by atoms with Gasteiger partial charge in [-0.2, -0.15) is 0 Å². The van der Waals surface area contributed by atoms with Crippen LogP contribution >= 0.6 is 0 Å². The minimum atomic E-state index is -0.345. The number of hydrogen-bond donors (Lipinski definition) is 1. The molecule has 0 atom stereocenters. The summed E-state index contributed by atoms with van der Waals surface area (Å²) in [6.07, 6.45) is 0.827. The van der Waals surface area contributed by atoms with Gasteiger partial charge in [0.2, 0.25) is 0 Å². The smallest absolute Gasteiger partial charge is 0.255 e. The summed E-state index contributed by atoms with van der Waals surface area (Å²) in [7, 11) is 2.07. The lowest BCUT2D eigenvalue weighted by molar-refractivity contribution is 0.102. The molecular formula is C21H26FN3O. The van der Waals surface area contributed by atoms with Crippen molar-refractivity contribution in [1.82, 2.24) is 4.90 Å². The molecule has 3 rings (SSSR count). The Morgan fingerprint density at radius 2 is 1.88 bits per heavy atom. The molecule has 0 unspecified atom stereocenters. The third-order valence-corrected chi connectivity index (χ3v) is 5.03. The molecule has 1 heterocycles. The van der Waals surface area contributed by atoms with Crippen molar-refractivity contribution in [2.45, 2.75) is 20.3 Å². The Bertz CT molecular complexity index is 798. The lowest BCUT2D eigenvalue weighted by atomic mass is 10.1. The van der Waals surface area contributed by atoms with Crippen LogP contribution in [-0.4, -0.2) is 44.0 Å². The highest BCUT2D eigenvalue weighted by molar-refractivity contribution is 6.05. The third-order valence-electron chi connectivity index (χ3n) is 5.03. The van der Waals surface area contributed by atoms with Crippen LogP contribution < -0.4 is 10.2 Å². The first kappa shape index (κ1) is 18.4. The van der Waals surface area contributed by atoms with Gasteiger partial charge in [-0.1, -0.05) is 25.1 Å². The number of carbonyl (C=O) groups excluding carboxylic acids is 1. The van der Waals surface area contributed by atoms with E-state index < -0.39 is 0 Å². The van der Waals surface area contributed by atoms with Gasteiger partial charge >= 0.3 is 0 Å². The summed E-state index contributed by atoms with van der Waals surface area (Å²) in [5.41, 5.74) is 3.81. The molecule has 1 N–H and O–H groups in total. The molecule has 2 aromatic carbocycles. The van der Waals surface area contributed by atoms with Crippen LogP contribution in [0.15, 0.2) is 36.4 Å². The number of hydrogen-bond acceptors (Lipinski definition) is 3. The van der Waals surface area contributed by atoms with Gasteiger partial charge in [-0.25, -0.2) is 4.39 Å². The van der Waals surface area contributed by atoms with Crippen molar-refractivity contribution in [2.75, 3.05) is 43.4 Å². The Labute approximate surface area is 154 Å². The fourth-order valence-corrected chi connectivity index (χ4v) is 3.34. The summed E-state index contributed by atoms with van der Waals surface area (Å²) in [5, 5.41) is 2.95. The SMILES string of the molecule is CCc1cccc(C)c1NC(=O)c1ccc(N2CCN(C)CC2)c(F)c1. The number of para-hydroxylation sites is 1. The van der Waals surface area contributed by atoms with Gasteiger partial charge in [0.25, 0.3) is 5.91 Å². The molecule has 138 valence electrons. The molecule has 0 aromatic heterocycles. The van der Waals surface area contributed by atoms with E-state index in [1.54, 1.807) is 12.1 Å². The highest BCUT2D eigenvalue weighted by Crippen LogP contribution is 2.24. The Kier molecular flexibility index (Phi) is 5.57. The standard InChI is InChI=1S/C21H26FN3O/c1-4-16-7-5-6-15(2)20(16)23-21(26)17-8-9-19(18(22)14-17)25-12-10-24(3)11-13-25/h5-9,14H,4,10-13H2,1-3H3,(H,23,26). The number of benzene rings is 2. The Morgan fingerprint density at radius 3 is 2.54 bits per heavy atom. The molecule has 1 aliphatic rings. The average Bonchev–Trinajstić information content (AvgIpc) is 2.64. The highest BCUT2D eigenvalue weighted by Gasteiger charge is 2.19. The predicted octanol–water partition coefficient (Wildman–Crippen LogP) is 3.70. The molecule has 2 aromatic rings. The largest absolute Gasteiger partial charge is 0.367 e. The number of anilines is 2. The second-order valence-electron chi connectivity index (χ2n) is 6.87. The van der Waals surface area contributed by atoms with Crippen molar-refractivity contribution in [3.8, 4) is 0 Å². The zero-order valence-corrected chi connectivity index (χ0v) is 15.7. The summed E-state index contributed by atoms with van der Waals surface area (Å²) in [5.74, 6) is -0.625. The fraction of sp³-hybridized carbons (Fsp3) is 0.381. The van der Waals surface area contributed by atoms with Crippen molar-refractivity contribution < 1.29 is 9.18 Å². The van der Waals surface area contributed by atoms with Gasteiger partial charge < -0.3 is 15.1 Å². The van der Waals surface area contributed by atoms with Crippen LogP contribution in [-0.2, 0) is 6.42 Å². The molecule has 5 heteroatoms. The van der Waals surface area contributed by atoms with Crippen molar-refractivity contribution in [3.05, 3.63) is 58.9 Å². The number of nitrogens with one attached hydrogen (secondary N) is 1. The lowest BCUT2D eigenvalue weighted by Gasteiger charge is -2.34. The van der Waals surface area contributed by atoms with Crippen molar-refractivity contribution in [1.29, 1.82) is 0 Å². The number of halogens is 1. The summed E-state index contributed by atoms with van der Waals surface area (Å²) in [6.45, 7) is 7.42. The Morgan fingerprint density at radius 1 is 1.15 bits per heavy atom. The van der Waals surface area contributed by atoms with Crippen molar-refractivity contribution in [2.24, 2.45) is 0 Å². The maximum absolute atomic E-state index is 14.6. The average molecular weight is 355 g/mol. The second-order valence-corrected chi connectivity index (χ2v) is 6.87. The quantitative estimate of drug-likeness (QED) is 0.908. The number of aryl methyl sites for hydroxylation is 2. The minimum Gasteiger partial charge on any atom is -0.367 e. The second kappa shape index (κ2) is 7.87. The molecule has 0 aliphatic carbocycles. The van der Waals surface area contributed by atoms with E-state index in [9.17, 15) is 9.18 Å². The van der Waals surface area contributed by atoms with Gasteiger partial charge in [0, 0.05) is 37.4 Å². The van der Waals surface area contributed by atoms with Gasteiger partial charge in [-0.3, -0.25) is 4.79 Å². The molecule has 0 spiro atoms. The molecule has 4 nitrogen and oxygen atoms in total. The van der Waals surface area contributed by atoms with E-state index in [0.29, 0.717) is 11.3 Å². The number of carbonyl (C=O) groups is 1. The van der Waals surface area contributed by atoms with E-state index in [1.165, 1.54) is 6.07 Å². The summed E-state index contributed by atoms with van der Waals surface area (Å²) < 4.78 is 14.6. The van der Waals surface area contributed by atoms with E-state index in [2.05, 4.69) is 24.2 Å². The van der Waals surface area contributed by atoms with Gasteiger partial charge in [0.15, 0.2) is 0 Å². The van der Waals surface area contributed by atoms with Crippen LogP contribution in [0.3, 0.4) is 0 Å². The molecule has 26 heavy (non-hydrogen) atoms. The number of rotatable bonds is 4. The molecule has 0 saturated carbocycles. The molecule has 1 aliphatic heterocycles. The van der Waals surface area contributed by atoms with E-state index in [0.717, 1.165) is 49.4 Å². The fourth-order valence-electron chi connectivity index (χ4n) is 3.34. The molecule has 0 radical (unpaired) electrons. The van der Waals surface area contributed by atoms with E-state index in [-0.39, 0.29) is 11.7 Å². The molecule has 0 bridgehead atoms. The first-order valence-corrected chi connectivity index (χ1v) is 9.12. The van der Waals surface area contributed by atoms with Crippen LogP contribution in [0.4, 0.5) is 15.8 Å². The Balaban J connectivity index is 1.78. The first-order chi connectivity index (χ1) is 12.5. The van der Waals surface area contributed by atoms with Gasteiger partial charge in [0.05, 0.1) is 5.69 Å². The van der Waals surface area contributed by atoms with Crippen LogP contribution in [0.1, 0.15) is 28.4 Å². The zero-order chi connectivity index (χ0) is 18.7. The molecular weight excluding hydrogens is 329 g/mol. The van der Waals surface area contributed by atoms with Crippen LogP contribution in [0, 0.1) is 12.7 Å². The molecule has 1 fully saturated rings. The third kappa shape index (κ3) is 3.88. The minimum absolute atomic E-state index is 0.280. The topological polar surface area (TPSA) is 35.6 Å². The van der Waals surface area contributed by atoms with E-state index >= 15 is 0 Å².